The molecular weight excluding hydrogens is 440 g/mol. The van der Waals surface area contributed by atoms with Crippen LogP contribution in [-0.2, 0) is 9.53 Å². The largest absolute Gasteiger partial charge is 0.496 e. The highest BCUT2D eigenvalue weighted by atomic mass is 16.5. The second-order valence-electron chi connectivity index (χ2n) is 9.25. The monoisotopic (exact) mass is 476 g/mol. The summed E-state index contributed by atoms with van der Waals surface area (Å²) in [5.74, 6) is 0.878. The number of nitrogens with zero attached hydrogens (tertiary/aromatic N) is 1. The van der Waals surface area contributed by atoms with Gasteiger partial charge in [-0.2, -0.15) is 0 Å². The van der Waals surface area contributed by atoms with Crippen molar-refractivity contribution in [1.29, 1.82) is 0 Å². The predicted octanol–water partition coefficient (Wildman–Crippen LogP) is 5.31. The quantitative estimate of drug-likeness (QED) is 0.380. The zero-order chi connectivity index (χ0) is 25.4. The lowest BCUT2D eigenvalue weighted by Crippen LogP contribution is -2.35. The third kappa shape index (κ3) is 6.83. The average molecular weight is 477 g/mol. The highest BCUT2D eigenvalue weighted by Gasteiger charge is 2.22. The molecule has 0 aliphatic carbocycles. The summed E-state index contributed by atoms with van der Waals surface area (Å²) in [7, 11) is 3.06. The van der Waals surface area contributed by atoms with Gasteiger partial charge in [-0.1, -0.05) is 50.2 Å². The van der Waals surface area contributed by atoms with Crippen LogP contribution >= 0.6 is 0 Å². The topological polar surface area (TPSA) is 69.6 Å². The first-order valence-electron chi connectivity index (χ1n) is 12.0. The first-order chi connectivity index (χ1) is 16.8. The zero-order valence-corrected chi connectivity index (χ0v) is 21.3. The van der Waals surface area contributed by atoms with E-state index in [4.69, 9.17) is 9.47 Å². The molecule has 3 aromatic rings. The van der Waals surface area contributed by atoms with Crippen molar-refractivity contribution in [2.75, 3.05) is 20.8 Å². The van der Waals surface area contributed by atoms with Crippen LogP contribution in [-0.4, -0.2) is 31.3 Å². The Hall–Kier alpha value is -3.38. The van der Waals surface area contributed by atoms with Crippen molar-refractivity contribution in [3.05, 3.63) is 88.3 Å². The van der Waals surface area contributed by atoms with E-state index in [1.165, 1.54) is 7.11 Å². The summed E-state index contributed by atoms with van der Waals surface area (Å²) in [6.07, 6.45) is 2.84. The minimum atomic E-state index is -0.298. The van der Waals surface area contributed by atoms with Crippen LogP contribution in [0.15, 0.2) is 71.7 Å². The number of ether oxygens (including phenoxy) is 2. The van der Waals surface area contributed by atoms with Crippen LogP contribution in [0.5, 0.6) is 5.75 Å². The number of benzene rings is 2. The molecule has 0 aliphatic heterocycles. The summed E-state index contributed by atoms with van der Waals surface area (Å²) in [5, 5.41) is 3.56. The maximum atomic E-state index is 12.5. The molecule has 6 nitrogen and oxygen atoms in total. The normalized spacial score (nSPS) is 12.9. The Morgan fingerprint density at radius 2 is 1.74 bits per heavy atom. The first-order valence-corrected chi connectivity index (χ1v) is 12.0. The second kappa shape index (κ2) is 12.4. The summed E-state index contributed by atoms with van der Waals surface area (Å²) in [6.45, 7) is 6.89. The SMILES string of the molecule is COC(=O)CC(NCC(CC(C)C)n1ccccc1=O)c1ccc(OC)c(-c2ccccc2C)c1. The number of aryl methyl sites for hydroxylation is 1. The van der Waals surface area contributed by atoms with Crippen LogP contribution < -0.4 is 15.6 Å². The van der Waals surface area contributed by atoms with Crippen molar-refractivity contribution in [2.45, 2.75) is 45.7 Å². The molecule has 186 valence electrons. The molecule has 0 bridgehead atoms. The number of methoxy groups -OCH3 is 2. The summed E-state index contributed by atoms with van der Waals surface area (Å²) in [6, 6.07) is 19.0. The van der Waals surface area contributed by atoms with Crippen molar-refractivity contribution < 1.29 is 14.3 Å². The van der Waals surface area contributed by atoms with Gasteiger partial charge in [-0.25, -0.2) is 0 Å². The van der Waals surface area contributed by atoms with E-state index in [0.717, 1.165) is 34.4 Å². The minimum absolute atomic E-state index is 0.0317. The fraction of sp³-hybridized carbons (Fsp3) is 0.379. The van der Waals surface area contributed by atoms with Gasteiger partial charge in [0, 0.05) is 36.5 Å². The Kier molecular flexibility index (Phi) is 9.26. The molecule has 2 atom stereocenters. The molecule has 0 amide bonds. The summed E-state index contributed by atoms with van der Waals surface area (Å²) in [5.41, 5.74) is 4.11. The van der Waals surface area contributed by atoms with Crippen molar-refractivity contribution >= 4 is 5.97 Å². The van der Waals surface area contributed by atoms with Crippen LogP contribution in [0.2, 0.25) is 0 Å². The third-order valence-electron chi connectivity index (χ3n) is 6.25. The number of hydrogen-bond donors (Lipinski definition) is 1. The van der Waals surface area contributed by atoms with Crippen LogP contribution in [0.1, 0.15) is 49.9 Å². The standard InChI is InChI=1S/C29H36N2O4/c1-20(2)16-23(31-15-9-8-12-28(31)32)19-30-26(18-29(33)35-5)22-13-14-27(34-4)25(17-22)24-11-7-6-10-21(24)3/h6-15,17,20,23,26,30H,16,18-19H2,1-5H3. The van der Waals surface area contributed by atoms with Gasteiger partial charge in [0.05, 0.1) is 20.6 Å². The summed E-state index contributed by atoms with van der Waals surface area (Å²) < 4.78 is 12.4. The van der Waals surface area contributed by atoms with Gasteiger partial charge in [0.2, 0.25) is 0 Å². The van der Waals surface area contributed by atoms with Crippen LogP contribution in [0.4, 0.5) is 0 Å². The van der Waals surface area contributed by atoms with Crippen LogP contribution in [0.25, 0.3) is 11.1 Å². The molecule has 1 heterocycles. The molecule has 0 saturated heterocycles. The maximum absolute atomic E-state index is 12.5. The number of nitrogens with one attached hydrogen (secondary N) is 1. The molecule has 0 fully saturated rings. The van der Waals surface area contributed by atoms with E-state index < -0.39 is 0 Å². The molecule has 0 saturated carbocycles. The average Bonchev–Trinajstić information content (AvgIpc) is 2.85. The Bertz CT molecular complexity index is 1190. The molecule has 3 rings (SSSR count). The molecule has 6 heteroatoms. The molecule has 0 spiro atoms. The maximum Gasteiger partial charge on any atom is 0.307 e. The van der Waals surface area contributed by atoms with E-state index in [0.29, 0.717) is 12.5 Å². The first kappa shape index (κ1) is 26.2. The fourth-order valence-electron chi connectivity index (χ4n) is 4.44. The van der Waals surface area contributed by atoms with Gasteiger partial charge in [-0.3, -0.25) is 9.59 Å². The molecular formula is C29H36N2O4. The molecule has 0 radical (unpaired) electrons. The van der Waals surface area contributed by atoms with Crippen molar-refractivity contribution in [3.8, 4) is 16.9 Å². The number of esters is 1. The number of hydrogen-bond acceptors (Lipinski definition) is 5. The Morgan fingerprint density at radius 1 is 1.00 bits per heavy atom. The molecule has 1 N–H and O–H groups in total. The highest BCUT2D eigenvalue weighted by Crippen LogP contribution is 2.35. The molecule has 2 unspecified atom stereocenters. The fourth-order valence-corrected chi connectivity index (χ4v) is 4.44. The Labute approximate surface area is 207 Å². The Balaban J connectivity index is 1.96. The summed E-state index contributed by atoms with van der Waals surface area (Å²) in [4.78, 5) is 24.9. The van der Waals surface area contributed by atoms with Gasteiger partial charge in [-0.15, -0.1) is 0 Å². The minimum Gasteiger partial charge on any atom is -0.496 e. The molecule has 1 aromatic heterocycles. The predicted molar refractivity (Wildman–Crippen MR) is 140 cm³/mol. The number of aromatic nitrogens is 1. The van der Waals surface area contributed by atoms with Crippen LogP contribution in [0.3, 0.4) is 0 Å². The van der Waals surface area contributed by atoms with Gasteiger partial charge < -0.3 is 19.4 Å². The van der Waals surface area contributed by atoms with Gasteiger partial charge in [-0.05, 0) is 54.2 Å². The molecule has 2 aromatic carbocycles. The van der Waals surface area contributed by atoms with E-state index in [1.807, 2.05) is 36.5 Å². The highest BCUT2D eigenvalue weighted by molar-refractivity contribution is 5.75. The van der Waals surface area contributed by atoms with E-state index >= 15 is 0 Å². The van der Waals surface area contributed by atoms with E-state index in [2.05, 4.69) is 44.3 Å². The van der Waals surface area contributed by atoms with E-state index in [-0.39, 0.29) is 30.0 Å². The van der Waals surface area contributed by atoms with Crippen LogP contribution in [0, 0.1) is 12.8 Å². The number of carbonyl (C=O) groups is 1. The van der Waals surface area contributed by atoms with Crippen molar-refractivity contribution in [2.24, 2.45) is 5.92 Å². The lowest BCUT2D eigenvalue weighted by molar-refractivity contribution is -0.141. The lowest BCUT2D eigenvalue weighted by Gasteiger charge is -2.26. The molecule has 35 heavy (non-hydrogen) atoms. The van der Waals surface area contributed by atoms with Gasteiger partial charge in [0.15, 0.2) is 0 Å². The van der Waals surface area contributed by atoms with E-state index in [9.17, 15) is 9.59 Å². The van der Waals surface area contributed by atoms with Gasteiger partial charge in [0.1, 0.15) is 5.75 Å². The van der Waals surface area contributed by atoms with E-state index in [1.54, 1.807) is 23.8 Å². The third-order valence-corrected chi connectivity index (χ3v) is 6.25. The van der Waals surface area contributed by atoms with Crippen molar-refractivity contribution in [3.63, 3.8) is 0 Å². The molecule has 0 aliphatic rings. The summed E-state index contributed by atoms with van der Waals surface area (Å²) >= 11 is 0. The Morgan fingerprint density at radius 3 is 2.40 bits per heavy atom. The van der Waals surface area contributed by atoms with Gasteiger partial charge >= 0.3 is 5.97 Å². The smallest absolute Gasteiger partial charge is 0.307 e. The van der Waals surface area contributed by atoms with Crippen molar-refractivity contribution in [1.82, 2.24) is 9.88 Å². The lowest BCUT2D eigenvalue weighted by atomic mass is 9.94. The second-order valence-corrected chi connectivity index (χ2v) is 9.25. The zero-order valence-electron chi connectivity index (χ0n) is 21.3. The van der Waals surface area contributed by atoms with Gasteiger partial charge in [0.25, 0.3) is 5.56 Å². The number of carbonyl (C=O) groups excluding carboxylic acids is 1. The number of pyridine rings is 1. The number of rotatable bonds is 11.